The average Bonchev–Trinajstić information content (AvgIpc) is 3.26. The van der Waals surface area contributed by atoms with Gasteiger partial charge >= 0.3 is 0 Å². The molecule has 0 aliphatic carbocycles. The lowest BCUT2D eigenvalue weighted by atomic mass is 9.96. The van der Waals surface area contributed by atoms with Crippen LogP contribution in [0.1, 0.15) is 52.7 Å². The van der Waals surface area contributed by atoms with Gasteiger partial charge in [-0.2, -0.15) is 5.10 Å². The number of benzene rings is 1. The summed E-state index contributed by atoms with van der Waals surface area (Å²) < 4.78 is 14.5. The van der Waals surface area contributed by atoms with E-state index in [1.54, 1.807) is 26.1 Å². The quantitative estimate of drug-likeness (QED) is 0.637. The summed E-state index contributed by atoms with van der Waals surface area (Å²) in [5, 5.41) is 10.0. The molecule has 0 spiro atoms. The number of hydrogen-bond acceptors (Lipinski definition) is 5. The van der Waals surface area contributed by atoms with Gasteiger partial charge in [-0.05, 0) is 50.6 Å². The number of carbonyl (C=O) groups is 3. The van der Waals surface area contributed by atoms with Crippen molar-refractivity contribution in [3.8, 4) is 0 Å². The third kappa shape index (κ3) is 4.96. The Labute approximate surface area is 198 Å². The molecular formula is C24H31FN6O3. The van der Waals surface area contributed by atoms with Crippen molar-refractivity contribution in [2.45, 2.75) is 44.8 Å². The zero-order valence-electron chi connectivity index (χ0n) is 19.6. The molecule has 1 aromatic carbocycles. The number of amides is 3. The van der Waals surface area contributed by atoms with Crippen molar-refractivity contribution < 1.29 is 18.8 Å². The molecule has 0 radical (unpaired) electrons. The number of aromatic nitrogens is 2. The largest absolute Gasteiger partial charge is 0.350 e. The lowest BCUT2D eigenvalue weighted by Crippen LogP contribution is -2.62. The third-order valence-electron chi connectivity index (χ3n) is 6.75. The molecular weight excluding hydrogens is 439 g/mol. The Bertz CT molecular complexity index is 1060. The molecule has 3 amide bonds. The lowest BCUT2D eigenvalue weighted by Gasteiger charge is -2.40. The minimum absolute atomic E-state index is 0.112. The Morgan fingerprint density at radius 3 is 2.53 bits per heavy atom. The minimum atomic E-state index is -1.20. The molecule has 9 nitrogen and oxygen atoms in total. The average molecular weight is 471 g/mol. The Balaban J connectivity index is 1.39. The highest BCUT2D eigenvalue weighted by molar-refractivity contribution is 6.01. The van der Waals surface area contributed by atoms with Gasteiger partial charge in [-0.3, -0.25) is 19.1 Å². The highest BCUT2D eigenvalue weighted by Gasteiger charge is 2.46. The summed E-state index contributed by atoms with van der Waals surface area (Å²) in [6.07, 6.45) is 3.63. The summed E-state index contributed by atoms with van der Waals surface area (Å²) in [5.41, 5.74) is -0.0247. The summed E-state index contributed by atoms with van der Waals surface area (Å²) in [6.45, 7) is 5.38. The first-order chi connectivity index (χ1) is 16.3. The molecule has 0 saturated carbocycles. The number of nitrogens with zero attached hydrogens (tertiary/aromatic N) is 4. The van der Waals surface area contributed by atoms with E-state index in [1.165, 1.54) is 47.0 Å². The van der Waals surface area contributed by atoms with Crippen LogP contribution < -0.4 is 10.6 Å². The smallest absolute Gasteiger partial charge is 0.272 e. The number of halogens is 1. The van der Waals surface area contributed by atoms with Crippen LogP contribution in [-0.4, -0.2) is 76.1 Å². The van der Waals surface area contributed by atoms with E-state index in [1.807, 2.05) is 0 Å². The molecule has 182 valence electrons. The van der Waals surface area contributed by atoms with Crippen molar-refractivity contribution in [1.29, 1.82) is 0 Å². The molecule has 34 heavy (non-hydrogen) atoms. The SMILES string of the molecule is CN1C(=O)c2cc(C(=O)NCCN3CCCCC3)nn2C[C@]1(C)C(=O)NCc1ccc(F)cc1. The van der Waals surface area contributed by atoms with Crippen LogP contribution in [0.4, 0.5) is 4.39 Å². The number of carbonyl (C=O) groups excluding carboxylic acids is 3. The fourth-order valence-electron chi connectivity index (χ4n) is 4.41. The Morgan fingerprint density at radius 1 is 1.12 bits per heavy atom. The van der Waals surface area contributed by atoms with Crippen LogP contribution in [0, 0.1) is 5.82 Å². The number of hydrogen-bond donors (Lipinski definition) is 2. The van der Waals surface area contributed by atoms with E-state index in [2.05, 4.69) is 20.6 Å². The maximum atomic E-state index is 13.1. The first-order valence-corrected chi connectivity index (χ1v) is 11.7. The summed E-state index contributed by atoms with van der Waals surface area (Å²) in [5.74, 6) is -1.43. The normalized spacial score (nSPS) is 20.7. The maximum Gasteiger partial charge on any atom is 0.272 e. The highest BCUT2D eigenvalue weighted by atomic mass is 19.1. The van der Waals surface area contributed by atoms with E-state index in [9.17, 15) is 18.8 Å². The minimum Gasteiger partial charge on any atom is -0.350 e. The zero-order valence-corrected chi connectivity index (χ0v) is 19.6. The Kier molecular flexibility index (Phi) is 6.97. The van der Waals surface area contributed by atoms with E-state index in [4.69, 9.17) is 0 Å². The van der Waals surface area contributed by atoms with Crippen LogP contribution in [0.15, 0.2) is 30.3 Å². The Hall–Kier alpha value is -3.27. The third-order valence-corrected chi connectivity index (χ3v) is 6.75. The summed E-state index contributed by atoms with van der Waals surface area (Å²) >= 11 is 0. The van der Waals surface area contributed by atoms with Gasteiger partial charge in [0, 0.05) is 32.7 Å². The van der Waals surface area contributed by atoms with Crippen molar-refractivity contribution in [2.75, 3.05) is 33.2 Å². The van der Waals surface area contributed by atoms with E-state index in [0.717, 1.165) is 25.2 Å². The fraction of sp³-hybridized carbons (Fsp3) is 0.500. The van der Waals surface area contributed by atoms with Gasteiger partial charge in [0.15, 0.2) is 5.69 Å². The second-order valence-electron chi connectivity index (χ2n) is 9.18. The van der Waals surface area contributed by atoms with Crippen molar-refractivity contribution in [2.24, 2.45) is 0 Å². The summed E-state index contributed by atoms with van der Waals surface area (Å²) in [4.78, 5) is 42.4. The summed E-state index contributed by atoms with van der Waals surface area (Å²) in [7, 11) is 1.56. The molecule has 2 aromatic rings. The molecule has 10 heteroatoms. The number of rotatable bonds is 7. The van der Waals surface area contributed by atoms with Crippen molar-refractivity contribution in [3.63, 3.8) is 0 Å². The predicted octanol–water partition coefficient (Wildman–Crippen LogP) is 1.40. The standard InChI is InChI=1S/C24H31FN6O3/c1-24(23(34)27-15-17-6-8-18(25)9-7-17)16-31-20(22(33)29(24)2)14-19(28-31)21(32)26-10-13-30-11-4-3-5-12-30/h6-9,14H,3-5,10-13,15-16H2,1-2H3,(H,26,32)(H,27,34)/t24-/m1/s1. The van der Waals surface area contributed by atoms with Crippen molar-refractivity contribution >= 4 is 17.7 Å². The van der Waals surface area contributed by atoms with Gasteiger partial charge in [0.25, 0.3) is 11.8 Å². The molecule has 2 aliphatic rings. The molecule has 0 unspecified atom stereocenters. The molecule has 2 N–H and O–H groups in total. The number of nitrogens with one attached hydrogen (secondary N) is 2. The molecule has 1 saturated heterocycles. The van der Waals surface area contributed by atoms with E-state index >= 15 is 0 Å². The van der Waals surface area contributed by atoms with Gasteiger partial charge in [-0.1, -0.05) is 18.6 Å². The molecule has 3 heterocycles. The van der Waals surface area contributed by atoms with Crippen molar-refractivity contribution in [3.05, 3.63) is 53.1 Å². The van der Waals surface area contributed by atoms with E-state index in [0.29, 0.717) is 6.54 Å². The molecule has 1 atom stereocenters. The monoisotopic (exact) mass is 470 g/mol. The van der Waals surface area contributed by atoms with Crippen LogP contribution >= 0.6 is 0 Å². The highest BCUT2D eigenvalue weighted by Crippen LogP contribution is 2.26. The molecule has 1 fully saturated rings. The van der Waals surface area contributed by atoms with Crippen LogP contribution in [0.2, 0.25) is 0 Å². The van der Waals surface area contributed by atoms with Gasteiger partial charge in [0.2, 0.25) is 5.91 Å². The van der Waals surface area contributed by atoms with E-state index < -0.39 is 5.54 Å². The number of likely N-dealkylation sites (N-methyl/N-ethyl adjacent to an activating group) is 1. The lowest BCUT2D eigenvalue weighted by molar-refractivity contribution is -0.132. The maximum absolute atomic E-state index is 13.1. The predicted molar refractivity (Wildman–Crippen MR) is 124 cm³/mol. The van der Waals surface area contributed by atoms with Crippen LogP contribution in [-0.2, 0) is 17.9 Å². The van der Waals surface area contributed by atoms with Gasteiger partial charge in [-0.15, -0.1) is 0 Å². The van der Waals surface area contributed by atoms with Crippen LogP contribution in [0.5, 0.6) is 0 Å². The summed E-state index contributed by atoms with van der Waals surface area (Å²) in [6, 6.07) is 7.32. The molecule has 4 rings (SSSR count). The van der Waals surface area contributed by atoms with E-state index in [-0.39, 0.29) is 48.0 Å². The second kappa shape index (κ2) is 9.92. The molecule has 2 aliphatic heterocycles. The number of likely N-dealkylation sites (tertiary alicyclic amines) is 1. The first-order valence-electron chi connectivity index (χ1n) is 11.7. The van der Waals surface area contributed by atoms with Gasteiger partial charge in [-0.25, -0.2) is 4.39 Å². The van der Waals surface area contributed by atoms with Crippen molar-refractivity contribution in [1.82, 2.24) is 30.2 Å². The number of piperidine rings is 1. The Morgan fingerprint density at radius 2 is 1.82 bits per heavy atom. The molecule has 0 bridgehead atoms. The first kappa shape index (κ1) is 23.9. The van der Waals surface area contributed by atoms with Crippen LogP contribution in [0.25, 0.3) is 0 Å². The molecule has 1 aromatic heterocycles. The zero-order chi connectivity index (χ0) is 24.3. The second-order valence-corrected chi connectivity index (χ2v) is 9.18. The van der Waals surface area contributed by atoms with Gasteiger partial charge in [0.1, 0.15) is 17.1 Å². The topological polar surface area (TPSA) is 99.6 Å². The van der Waals surface area contributed by atoms with Gasteiger partial charge in [0.05, 0.1) is 6.54 Å². The van der Waals surface area contributed by atoms with Gasteiger partial charge < -0.3 is 20.4 Å². The van der Waals surface area contributed by atoms with Crippen LogP contribution in [0.3, 0.4) is 0 Å². The fourth-order valence-corrected chi connectivity index (χ4v) is 4.41. The number of fused-ring (bicyclic) bond motifs is 1.